The molecule has 0 aliphatic carbocycles. The first-order valence-electron chi connectivity index (χ1n) is 5.75. The van der Waals surface area contributed by atoms with Crippen molar-refractivity contribution < 1.29 is 23.8 Å². The van der Waals surface area contributed by atoms with Gasteiger partial charge < -0.3 is 14.6 Å². The highest BCUT2D eigenvalue weighted by atomic mass is 19.1. The standard InChI is InChI=1S/C14H12FNO4/c1-19-10-5-4-9(11(15)7-10)8-20-12-3-2-6-16-13(12)14(17)18/h2-7H,8H2,1H3,(H,17,18). The van der Waals surface area contributed by atoms with E-state index in [0.29, 0.717) is 11.3 Å². The van der Waals surface area contributed by atoms with Crippen LogP contribution in [0.4, 0.5) is 4.39 Å². The summed E-state index contributed by atoms with van der Waals surface area (Å²) in [5, 5.41) is 8.95. The fourth-order valence-corrected chi connectivity index (χ4v) is 1.60. The highest BCUT2D eigenvalue weighted by Crippen LogP contribution is 2.20. The lowest BCUT2D eigenvalue weighted by Crippen LogP contribution is -2.06. The summed E-state index contributed by atoms with van der Waals surface area (Å²) in [6.45, 7) is -0.0954. The second-order valence-corrected chi connectivity index (χ2v) is 3.90. The lowest BCUT2D eigenvalue weighted by atomic mass is 10.2. The van der Waals surface area contributed by atoms with Crippen molar-refractivity contribution in [1.82, 2.24) is 4.98 Å². The summed E-state index contributed by atoms with van der Waals surface area (Å²) in [4.78, 5) is 14.7. The molecule has 0 aliphatic rings. The number of carboxylic acids is 1. The summed E-state index contributed by atoms with van der Waals surface area (Å²) in [7, 11) is 1.44. The van der Waals surface area contributed by atoms with Gasteiger partial charge in [-0.3, -0.25) is 0 Å². The van der Waals surface area contributed by atoms with Crippen molar-refractivity contribution in [3.8, 4) is 11.5 Å². The predicted molar refractivity (Wildman–Crippen MR) is 68.5 cm³/mol. The molecule has 0 amide bonds. The number of methoxy groups -OCH3 is 1. The Labute approximate surface area is 114 Å². The molecule has 0 unspecified atom stereocenters. The van der Waals surface area contributed by atoms with Crippen LogP contribution in [0.15, 0.2) is 36.5 Å². The number of benzene rings is 1. The third-order valence-corrected chi connectivity index (χ3v) is 2.62. The molecule has 0 atom stereocenters. The SMILES string of the molecule is COc1ccc(COc2cccnc2C(=O)O)c(F)c1. The molecule has 0 radical (unpaired) electrons. The number of pyridine rings is 1. The smallest absolute Gasteiger partial charge is 0.358 e. The van der Waals surface area contributed by atoms with Gasteiger partial charge in [0.15, 0.2) is 11.4 Å². The lowest BCUT2D eigenvalue weighted by molar-refractivity contribution is 0.0685. The molecule has 0 aliphatic heterocycles. The average molecular weight is 277 g/mol. The zero-order valence-electron chi connectivity index (χ0n) is 10.7. The zero-order valence-corrected chi connectivity index (χ0v) is 10.7. The largest absolute Gasteiger partial charge is 0.497 e. The van der Waals surface area contributed by atoms with Gasteiger partial charge >= 0.3 is 5.97 Å². The van der Waals surface area contributed by atoms with E-state index >= 15 is 0 Å². The minimum Gasteiger partial charge on any atom is -0.497 e. The zero-order chi connectivity index (χ0) is 14.5. The number of carboxylic acid groups (broad SMARTS) is 1. The van der Waals surface area contributed by atoms with Crippen LogP contribution in [0.25, 0.3) is 0 Å². The topological polar surface area (TPSA) is 68.7 Å². The molecule has 0 saturated carbocycles. The van der Waals surface area contributed by atoms with E-state index in [1.807, 2.05) is 0 Å². The first-order chi connectivity index (χ1) is 9.61. The molecule has 20 heavy (non-hydrogen) atoms. The molecular formula is C14H12FNO4. The van der Waals surface area contributed by atoms with Gasteiger partial charge in [-0.05, 0) is 24.3 Å². The number of ether oxygens (including phenoxy) is 2. The first kappa shape index (κ1) is 13.8. The van der Waals surface area contributed by atoms with E-state index in [9.17, 15) is 9.18 Å². The van der Waals surface area contributed by atoms with Crippen molar-refractivity contribution in [1.29, 1.82) is 0 Å². The summed E-state index contributed by atoms with van der Waals surface area (Å²) < 4.78 is 23.9. The van der Waals surface area contributed by atoms with E-state index < -0.39 is 11.8 Å². The van der Waals surface area contributed by atoms with Crippen LogP contribution in [0.5, 0.6) is 11.5 Å². The van der Waals surface area contributed by atoms with E-state index in [-0.39, 0.29) is 18.1 Å². The van der Waals surface area contributed by atoms with E-state index in [2.05, 4.69) is 4.98 Å². The van der Waals surface area contributed by atoms with Crippen LogP contribution >= 0.6 is 0 Å². The van der Waals surface area contributed by atoms with Crippen LogP contribution in [0.2, 0.25) is 0 Å². The van der Waals surface area contributed by atoms with E-state index in [1.165, 1.54) is 31.5 Å². The summed E-state index contributed by atoms with van der Waals surface area (Å²) in [5.41, 5.74) is 0.0902. The molecule has 0 fully saturated rings. The van der Waals surface area contributed by atoms with Crippen molar-refractivity contribution in [2.24, 2.45) is 0 Å². The fourth-order valence-electron chi connectivity index (χ4n) is 1.60. The minimum atomic E-state index is -1.20. The Morgan fingerprint density at radius 2 is 2.20 bits per heavy atom. The van der Waals surface area contributed by atoms with Crippen LogP contribution in [-0.2, 0) is 6.61 Å². The van der Waals surface area contributed by atoms with Crippen LogP contribution in [0, 0.1) is 5.82 Å². The van der Waals surface area contributed by atoms with Gasteiger partial charge in [0.2, 0.25) is 0 Å². The number of hydrogen-bond donors (Lipinski definition) is 1. The van der Waals surface area contributed by atoms with Crippen LogP contribution in [0.3, 0.4) is 0 Å². The molecule has 1 heterocycles. The van der Waals surface area contributed by atoms with E-state index in [4.69, 9.17) is 14.6 Å². The highest BCUT2D eigenvalue weighted by molar-refractivity contribution is 5.88. The van der Waals surface area contributed by atoms with Crippen molar-refractivity contribution in [2.45, 2.75) is 6.61 Å². The van der Waals surface area contributed by atoms with Crippen LogP contribution in [-0.4, -0.2) is 23.2 Å². The number of carbonyl (C=O) groups is 1. The molecule has 5 nitrogen and oxygen atoms in total. The molecule has 0 bridgehead atoms. The van der Waals surface area contributed by atoms with Crippen molar-refractivity contribution in [3.63, 3.8) is 0 Å². The summed E-state index contributed by atoms with van der Waals surface area (Å²) >= 11 is 0. The molecule has 0 saturated heterocycles. The maximum absolute atomic E-state index is 13.7. The third kappa shape index (κ3) is 3.03. The summed E-state index contributed by atoms with van der Waals surface area (Å²) in [6.07, 6.45) is 1.35. The van der Waals surface area contributed by atoms with Gasteiger partial charge in [0.05, 0.1) is 7.11 Å². The highest BCUT2D eigenvalue weighted by Gasteiger charge is 2.13. The Kier molecular flexibility index (Phi) is 4.14. The molecule has 1 aromatic carbocycles. The van der Waals surface area contributed by atoms with Gasteiger partial charge in [0, 0.05) is 17.8 Å². The number of aromatic carboxylic acids is 1. The summed E-state index contributed by atoms with van der Waals surface area (Å²) in [6, 6.07) is 7.37. The van der Waals surface area contributed by atoms with Gasteiger partial charge in [-0.25, -0.2) is 14.2 Å². The molecule has 2 aromatic rings. The van der Waals surface area contributed by atoms with Crippen LogP contribution < -0.4 is 9.47 Å². The number of rotatable bonds is 5. The predicted octanol–water partition coefficient (Wildman–Crippen LogP) is 2.51. The molecule has 0 spiro atoms. The molecule has 1 aromatic heterocycles. The average Bonchev–Trinajstić information content (AvgIpc) is 2.46. The number of aromatic nitrogens is 1. The van der Waals surface area contributed by atoms with Crippen molar-refractivity contribution in [2.75, 3.05) is 7.11 Å². The molecule has 2 rings (SSSR count). The number of hydrogen-bond acceptors (Lipinski definition) is 4. The second-order valence-electron chi connectivity index (χ2n) is 3.90. The number of nitrogens with zero attached hydrogens (tertiary/aromatic N) is 1. The van der Waals surface area contributed by atoms with Crippen molar-refractivity contribution in [3.05, 3.63) is 53.6 Å². The monoisotopic (exact) mass is 277 g/mol. The Bertz CT molecular complexity index is 630. The Hall–Kier alpha value is -2.63. The molecular weight excluding hydrogens is 265 g/mol. The van der Waals surface area contributed by atoms with Gasteiger partial charge in [0.1, 0.15) is 18.2 Å². The van der Waals surface area contributed by atoms with Gasteiger partial charge in [-0.15, -0.1) is 0 Å². The normalized spacial score (nSPS) is 10.1. The Morgan fingerprint density at radius 3 is 2.85 bits per heavy atom. The van der Waals surface area contributed by atoms with E-state index in [0.717, 1.165) is 0 Å². The second kappa shape index (κ2) is 6.01. The molecule has 6 heteroatoms. The maximum atomic E-state index is 13.7. The summed E-state index contributed by atoms with van der Waals surface area (Å²) in [5.74, 6) is -1.19. The maximum Gasteiger partial charge on any atom is 0.358 e. The molecule has 1 N–H and O–H groups in total. The van der Waals surface area contributed by atoms with Crippen LogP contribution in [0.1, 0.15) is 16.1 Å². The number of halogens is 1. The lowest BCUT2D eigenvalue weighted by Gasteiger charge is -2.09. The van der Waals surface area contributed by atoms with Gasteiger partial charge in [0.25, 0.3) is 0 Å². The third-order valence-electron chi connectivity index (χ3n) is 2.62. The molecule has 104 valence electrons. The first-order valence-corrected chi connectivity index (χ1v) is 5.75. The minimum absolute atomic E-state index is 0.0928. The van der Waals surface area contributed by atoms with E-state index in [1.54, 1.807) is 12.1 Å². The van der Waals surface area contributed by atoms with Gasteiger partial charge in [-0.1, -0.05) is 0 Å². The van der Waals surface area contributed by atoms with Crippen molar-refractivity contribution >= 4 is 5.97 Å². The van der Waals surface area contributed by atoms with Gasteiger partial charge in [-0.2, -0.15) is 0 Å². The fraction of sp³-hybridized carbons (Fsp3) is 0.143. The quantitative estimate of drug-likeness (QED) is 0.909. The Morgan fingerprint density at radius 1 is 1.40 bits per heavy atom. The Balaban J connectivity index is 2.15.